The first kappa shape index (κ1) is 19.4. The SMILES string of the molecule is C=C(CO)C(=O)O[C@H]1CC(=C)[C@@H]2C[C@H](O)C(=C)[C@@H]2[C@@H]2OC(=O)[C@]3(C[C@@H](C)O3)[C@@H]21. The molecule has 2 aliphatic carbocycles. The van der Waals surface area contributed by atoms with E-state index >= 15 is 0 Å². The van der Waals surface area contributed by atoms with Gasteiger partial charge in [0.15, 0.2) is 5.60 Å². The van der Waals surface area contributed by atoms with Gasteiger partial charge in [0.05, 0.1) is 30.3 Å². The van der Waals surface area contributed by atoms with Crippen LogP contribution in [0.4, 0.5) is 0 Å². The van der Waals surface area contributed by atoms with Gasteiger partial charge in [0.1, 0.15) is 12.2 Å². The number of aliphatic hydroxyl groups is 2. The van der Waals surface area contributed by atoms with Crippen LogP contribution in [0.3, 0.4) is 0 Å². The summed E-state index contributed by atoms with van der Waals surface area (Å²) in [7, 11) is 0. The zero-order valence-electron chi connectivity index (χ0n) is 15.9. The van der Waals surface area contributed by atoms with Crippen molar-refractivity contribution in [3.05, 3.63) is 36.5 Å². The number of esters is 2. The third-order valence-corrected chi connectivity index (χ3v) is 6.73. The summed E-state index contributed by atoms with van der Waals surface area (Å²) >= 11 is 0. The van der Waals surface area contributed by atoms with Crippen molar-refractivity contribution in [3.63, 3.8) is 0 Å². The van der Waals surface area contributed by atoms with Gasteiger partial charge in [-0.3, -0.25) is 0 Å². The Morgan fingerprint density at radius 2 is 2.07 bits per heavy atom. The molecule has 4 rings (SSSR count). The molecule has 8 atom stereocenters. The Bertz CT molecular complexity index is 763. The summed E-state index contributed by atoms with van der Waals surface area (Å²) in [5.41, 5.74) is 0.209. The van der Waals surface area contributed by atoms with Crippen LogP contribution in [-0.2, 0) is 23.8 Å². The van der Waals surface area contributed by atoms with E-state index in [1.165, 1.54) is 0 Å². The van der Waals surface area contributed by atoms with E-state index in [2.05, 4.69) is 19.7 Å². The standard InChI is InChI=1S/C21H26O7/c1-9-5-15(26-19(24)10(2)8-22)17-18(16-12(4)14(23)6-13(9)16)27-20(25)21(17)7-11(3)28-21/h11,13-18,22-23H,1-2,4-8H2,3H3/t11-,13+,14+,15+,16+,17-,18+,21+/m1/s1. The number of carbonyl (C=O) groups is 2. The van der Waals surface area contributed by atoms with Crippen molar-refractivity contribution >= 4 is 11.9 Å². The average molecular weight is 390 g/mol. The molecule has 0 aromatic carbocycles. The minimum absolute atomic E-state index is 0.0615. The molecule has 0 aromatic rings. The summed E-state index contributed by atoms with van der Waals surface area (Å²) in [6.45, 7) is 13.1. The molecule has 2 aliphatic heterocycles. The highest BCUT2D eigenvalue weighted by Gasteiger charge is 2.70. The lowest BCUT2D eigenvalue weighted by atomic mass is 9.71. The molecule has 2 heterocycles. The van der Waals surface area contributed by atoms with Crippen molar-refractivity contribution in [1.82, 2.24) is 0 Å². The topological polar surface area (TPSA) is 102 Å². The summed E-state index contributed by atoms with van der Waals surface area (Å²) in [5, 5.41) is 19.5. The number of hydrogen-bond acceptors (Lipinski definition) is 7. The van der Waals surface area contributed by atoms with Crippen LogP contribution in [0, 0.1) is 17.8 Å². The third-order valence-electron chi connectivity index (χ3n) is 6.73. The quantitative estimate of drug-likeness (QED) is 0.422. The maximum Gasteiger partial charge on any atom is 0.339 e. The van der Waals surface area contributed by atoms with Gasteiger partial charge in [-0.2, -0.15) is 0 Å². The van der Waals surface area contributed by atoms with E-state index in [-0.39, 0.29) is 23.5 Å². The number of ether oxygens (including phenoxy) is 3. The van der Waals surface area contributed by atoms with Crippen LogP contribution >= 0.6 is 0 Å². The van der Waals surface area contributed by atoms with Crippen LogP contribution in [-0.4, -0.2) is 58.8 Å². The molecule has 2 saturated carbocycles. The highest BCUT2D eigenvalue weighted by molar-refractivity contribution is 5.88. The zero-order valence-corrected chi connectivity index (χ0v) is 15.9. The highest BCUT2D eigenvalue weighted by atomic mass is 16.6. The Balaban J connectivity index is 1.74. The van der Waals surface area contributed by atoms with E-state index in [4.69, 9.17) is 14.2 Å². The summed E-state index contributed by atoms with van der Waals surface area (Å²) in [5.74, 6) is -2.12. The smallest absolute Gasteiger partial charge is 0.339 e. The van der Waals surface area contributed by atoms with Crippen LogP contribution in [0.1, 0.15) is 26.2 Å². The second-order valence-electron chi connectivity index (χ2n) is 8.44. The van der Waals surface area contributed by atoms with Gasteiger partial charge in [-0.1, -0.05) is 25.3 Å². The molecular formula is C21H26O7. The van der Waals surface area contributed by atoms with E-state index in [0.29, 0.717) is 24.8 Å². The van der Waals surface area contributed by atoms with Crippen LogP contribution in [0.25, 0.3) is 0 Å². The molecule has 0 bridgehead atoms. The third kappa shape index (κ3) is 2.60. The predicted octanol–water partition coefficient (Wildman–Crippen LogP) is 1.05. The number of fused-ring (bicyclic) bond motifs is 4. The summed E-state index contributed by atoms with van der Waals surface area (Å²) < 4.78 is 17.4. The van der Waals surface area contributed by atoms with Gasteiger partial charge >= 0.3 is 11.9 Å². The molecule has 4 fully saturated rings. The fourth-order valence-electron chi connectivity index (χ4n) is 5.45. The number of carbonyl (C=O) groups excluding carboxylic acids is 2. The Hall–Kier alpha value is -1.96. The van der Waals surface area contributed by atoms with E-state index in [1.807, 2.05) is 6.92 Å². The monoisotopic (exact) mass is 390 g/mol. The molecule has 4 aliphatic rings. The van der Waals surface area contributed by atoms with Gasteiger partial charge < -0.3 is 24.4 Å². The molecule has 0 unspecified atom stereocenters. The first-order chi connectivity index (χ1) is 13.2. The van der Waals surface area contributed by atoms with Gasteiger partial charge in [0.2, 0.25) is 0 Å². The van der Waals surface area contributed by atoms with E-state index in [0.717, 1.165) is 5.57 Å². The normalized spacial score (nSPS) is 44.4. The molecular weight excluding hydrogens is 364 g/mol. The molecule has 7 heteroatoms. The Labute approximate surface area is 163 Å². The van der Waals surface area contributed by atoms with E-state index < -0.39 is 48.4 Å². The maximum atomic E-state index is 12.8. The first-order valence-corrected chi connectivity index (χ1v) is 9.62. The number of aliphatic hydroxyl groups excluding tert-OH is 2. The van der Waals surface area contributed by atoms with Gasteiger partial charge in [0.25, 0.3) is 0 Å². The van der Waals surface area contributed by atoms with Crippen molar-refractivity contribution in [2.24, 2.45) is 17.8 Å². The second-order valence-corrected chi connectivity index (χ2v) is 8.44. The molecule has 0 radical (unpaired) electrons. The first-order valence-electron chi connectivity index (χ1n) is 9.62. The van der Waals surface area contributed by atoms with Gasteiger partial charge in [0, 0.05) is 18.8 Å². The van der Waals surface area contributed by atoms with Crippen molar-refractivity contribution in [2.45, 2.75) is 56.2 Å². The van der Waals surface area contributed by atoms with Gasteiger partial charge in [-0.25, -0.2) is 9.59 Å². The van der Waals surface area contributed by atoms with Gasteiger partial charge in [-0.15, -0.1) is 0 Å². The van der Waals surface area contributed by atoms with Crippen molar-refractivity contribution in [2.75, 3.05) is 6.61 Å². The van der Waals surface area contributed by atoms with Crippen LogP contribution in [0.15, 0.2) is 36.5 Å². The molecule has 1 spiro atoms. The maximum absolute atomic E-state index is 12.8. The largest absolute Gasteiger partial charge is 0.459 e. The second kappa shape index (κ2) is 6.54. The summed E-state index contributed by atoms with van der Waals surface area (Å²) in [6.07, 6.45) is -0.856. The lowest BCUT2D eigenvalue weighted by molar-refractivity contribution is -0.228. The fraction of sp³-hybridized carbons (Fsp3) is 0.619. The summed E-state index contributed by atoms with van der Waals surface area (Å²) in [4.78, 5) is 25.2. The van der Waals surface area contributed by atoms with E-state index in [1.54, 1.807) is 0 Å². The number of rotatable bonds is 3. The van der Waals surface area contributed by atoms with Crippen LogP contribution in [0.2, 0.25) is 0 Å². The molecule has 2 N–H and O–H groups in total. The van der Waals surface area contributed by atoms with E-state index in [9.17, 15) is 19.8 Å². The molecule has 28 heavy (non-hydrogen) atoms. The Morgan fingerprint density at radius 3 is 2.68 bits per heavy atom. The van der Waals surface area contributed by atoms with Crippen molar-refractivity contribution in [1.29, 1.82) is 0 Å². The Morgan fingerprint density at radius 1 is 1.39 bits per heavy atom. The van der Waals surface area contributed by atoms with Crippen LogP contribution in [0.5, 0.6) is 0 Å². The zero-order chi connectivity index (χ0) is 20.4. The fourth-order valence-corrected chi connectivity index (χ4v) is 5.45. The average Bonchev–Trinajstić information content (AvgIpc) is 3.04. The van der Waals surface area contributed by atoms with Crippen molar-refractivity contribution in [3.8, 4) is 0 Å². The molecule has 152 valence electrons. The minimum Gasteiger partial charge on any atom is -0.459 e. The molecule has 2 saturated heterocycles. The highest BCUT2D eigenvalue weighted by Crippen LogP contribution is 2.58. The molecule has 7 nitrogen and oxygen atoms in total. The van der Waals surface area contributed by atoms with Crippen LogP contribution < -0.4 is 0 Å². The minimum atomic E-state index is -1.17. The van der Waals surface area contributed by atoms with Gasteiger partial charge in [-0.05, 0) is 24.8 Å². The Kier molecular flexibility index (Phi) is 4.52. The predicted molar refractivity (Wildman–Crippen MR) is 97.9 cm³/mol. The molecule has 0 amide bonds. The summed E-state index contributed by atoms with van der Waals surface area (Å²) in [6, 6.07) is 0. The lowest BCUT2D eigenvalue weighted by Gasteiger charge is -2.46. The van der Waals surface area contributed by atoms with Crippen molar-refractivity contribution < 1.29 is 34.0 Å². The lowest BCUT2D eigenvalue weighted by Crippen LogP contribution is -2.60. The molecule has 0 aromatic heterocycles. The number of hydrogen-bond donors (Lipinski definition) is 2.